The third-order valence-electron chi connectivity index (χ3n) is 0.970. The first kappa shape index (κ1) is 37.4. The third-order valence-corrected chi connectivity index (χ3v) is 0.970. The Morgan fingerprint density at radius 3 is 0.414 bits per heavy atom. The molecule has 0 amide bonds. The van der Waals surface area contributed by atoms with Crippen molar-refractivity contribution in [3.05, 3.63) is 0 Å². The van der Waals surface area contributed by atoms with E-state index >= 15 is 0 Å². The third kappa shape index (κ3) is 30.6. The van der Waals surface area contributed by atoms with Gasteiger partial charge in [0.15, 0.2) is 0 Å². The number of aliphatic carboxylic acids is 4. The summed E-state index contributed by atoms with van der Waals surface area (Å²) in [6, 6.07) is 0. The Bertz CT molecular complexity index is 436. The smallest absolute Gasteiger partial charge is 0.475 e. The molecule has 8 nitrogen and oxygen atoms in total. The summed E-state index contributed by atoms with van der Waals surface area (Å²) >= 11 is 0. The first-order valence-corrected chi connectivity index (χ1v) is 4.98. The van der Waals surface area contributed by atoms with Gasteiger partial charge in [-0.1, -0.05) is 0 Å². The summed E-state index contributed by atoms with van der Waals surface area (Å²) in [5.74, 6) is -11.0. The van der Waals surface area contributed by atoms with Gasteiger partial charge in [0.25, 0.3) is 0 Å². The van der Waals surface area contributed by atoms with Crippen LogP contribution in [0.2, 0.25) is 0 Å². The quantitative estimate of drug-likeness (QED) is 0.263. The first-order chi connectivity index (χ1) is 11.8. The number of halogens is 12. The van der Waals surface area contributed by atoms with E-state index in [1.807, 2.05) is 0 Å². The Morgan fingerprint density at radius 1 is 0.379 bits per heavy atom. The molecule has 0 aromatic carbocycles. The molecular weight excluding hydrogens is 553 g/mol. The van der Waals surface area contributed by atoms with Crippen LogP contribution in [-0.2, 0) is 38.7 Å². The average Bonchev–Trinajstić information content (AvgIpc) is 2.35. The normalized spacial score (nSPS) is 10.9. The van der Waals surface area contributed by atoms with Crippen molar-refractivity contribution in [2.24, 2.45) is 0 Å². The summed E-state index contributed by atoms with van der Waals surface area (Å²) in [5.41, 5.74) is 0. The predicted octanol–water partition coefficient (Wildman–Crippen LogP) is 2.53. The molecule has 0 saturated heterocycles. The van der Waals surface area contributed by atoms with Crippen molar-refractivity contribution in [3.8, 4) is 0 Å². The van der Waals surface area contributed by atoms with Crippen LogP contribution < -0.4 is 0 Å². The van der Waals surface area contributed by atoms with Gasteiger partial charge in [-0.2, -0.15) is 52.7 Å². The molecule has 0 radical (unpaired) electrons. The van der Waals surface area contributed by atoms with Crippen LogP contribution in [0.4, 0.5) is 52.7 Å². The van der Waals surface area contributed by atoms with Crippen molar-refractivity contribution < 1.29 is 112 Å². The summed E-state index contributed by atoms with van der Waals surface area (Å²) in [6.07, 6.45) is -20.3. The van der Waals surface area contributed by atoms with Crippen LogP contribution in [0.5, 0.6) is 0 Å². The number of hydrogen-bond acceptors (Lipinski definition) is 4. The number of carbonyl (C=O) groups is 4. The van der Waals surface area contributed by atoms with Gasteiger partial charge in [-0.25, -0.2) is 19.2 Å². The second-order valence-corrected chi connectivity index (χ2v) is 3.21. The minimum atomic E-state index is -5.08. The van der Waals surface area contributed by atoms with Crippen LogP contribution in [0.1, 0.15) is 0 Å². The van der Waals surface area contributed by atoms with Gasteiger partial charge in [0.05, 0.1) is 0 Å². The molecule has 0 saturated carbocycles. The van der Waals surface area contributed by atoms with Crippen molar-refractivity contribution >= 4 is 23.9 Å². The molecule has 0 aliphatic heterocycles. The van der Waals surface area contributed by atoms with Gasteiger partial charge in [-0.3, -0.25) is 0 Å². The maximum absolute atomic E-state index is 10.6. The first-order valence-electron chi connectivity index (χ1n) is 4.98. The topological polar surface area (TPSA) is 149 Å². The van der Waals surface area contributed by atoms with E-state index in [-0.39, 0.29) is 19.5 Å². The van der Waals surface area contributed by atoms with Gasteiger partial charge in [-0.15, -0.1) is 0 Å². The largest absolute Gasteiger partial charge is 0.490 e. The van der Waals surface area contributed by atoms with Crippen molar-refractivity contribution in [2.75, 3.05) is 0 Å². The maximum atomic E-state index is 10.6. The molecule has 0 fully saturated rings. The van der Waals surface area contributed by atoms with Crippen molar-refractivity contribution in [1.29, 1.82) is 0 Å². The van der Waals surface area contributed by atoms with Gasteiger partial charge < -0.3 is 20.4 Å². The maximum Gasteiger partial charge on any atom is 0.490 e. The monoisotopic (exact) mass is 558 g/mol. The molecule has 0 aromatic rings. The van der Waals surface area contributed by atoms with Crippen molar-refractivity contribution in [2.45, 2.75) is 24.7 Å². The minimum absolute atomic E-state index is 0. The summed E-state index contributed by atoms with van der Waals surface area (Å²) < 4.78 is 127. The Hall–Kier alpha value is -2.34. The fourth-order valence-corrected chi connectivity index (χ4v) is 0. The molecule has 0 spiro atoms. The van der Waals surface area contributed by atoms with E-state index in [0.29, 0.717) is 0 Å². The molecule has 0 heterocycles. The Kier molecular flexibility index (Phi) is 17.8. The molecule has 29 heavy (non-hydrogen) atoms. The Balaban J connectivity index is -0.0000000873. The van der Waals surface area contributed by atoms with Crippen LogP contribution in [0, 0.1) is 0 Å². The number of rotatable bonds is 0. The fourth-order valence-electron chi connectivity index (χ4n) is 0. The molecule has 0 aliphatic rings. The molecule has 0 aliphatic carbocycles. The molecule has 0 unspecified atom stereocenters. The van der Waals surface area contributed by atoms with Crippen LogP contribution in [0.25, 0.3) is 0 Å². The van der Waals surface area contributed by atoms with Gasteiger partial charge in [0, 0.05) is 19.5 Å². The van der Waals surface area contributed by atoms with E-state index in [0.717, 1.165) is 0 Å². The number of carboxylic acid groups (broad SMARTS) is 4. The molecule has 0 rings (SSSR count). The van der Waals surface area contributed by atoms with Gasteiger partial charge in [0.2, 0.25) is 0 Å². The summed E-state index contributed by atoms with van der Waals surface area (Å²) in [5, 5.41) is 28.5. The van der Waals surface area contributed by atoms with Gasteiger partial charge in [0.1, 0.15) is 0 Å². The Labute approximate surface area is 161 Å². The predicted molar refractivity (Wildman–Crippen MR) is 54.8 cm³/mol. The van der Waals surface area contributed by atoms with E-state index in [4.69, 9.17) is 39.6 Å². The van der Waals surface area contributed by atoms with Crippen LogP contribution in [0.15, 0.2) is 0 Å². The van der Waals surface area contributed by atoms with E-state index in [9.17, 15) is 52.7 Å². The van der Waals surface area contributed by atoms with Gasteiger partial charge >= 0.3 is 48.6 Å². The van der Waals surface area contributed by atoms with Crippen LogP contribution in [-0.4, -0.2) is 69.0 Å². The number of alkyl halides is 12. The SMILES string of the molecule is O=C(O)C(F)(F)F.O=C(O)C(F)(F)F.O=C(O)C(F)(F)F.O=C(O)C(F)(F)F.[Ru]. The average molecular weight is 557 g/mol. The standard InChI is InChI=1S/4C2HF3O2.Ru/c4*3-2(4,5)1(6)7;/h4*(H,6,7);. The number of hydrogen-bond donors (Lipinski definition) is 4. The van der Waals surface area contributed by atoms with Crippen molar-refractivity contribution in [1.82, 2.24) is 0 Å². The molecular formula is C8H4F12O8Ru. The second-order valence-electron chi connectivity index (χ2n) is 3.21. The van der Waals surface area contributed by atoms with Crippen LogP contribution >= 0.6 is 0 Å². The van der Waals surface area contributed by atoms with E-state index < -0.39 is 48.6 Å². The molecule has 0 atom stereocenters. The van der Waals surface area contributed by atoms with Crippen LogP contribution in [0.3, 0.4) is 0 Å². The zero-order valence-corrected chi connectivity index (χ0v) is 14.0. The van der Waals surface area contributed by atoms with E-state index in [1.54, 1.807) is 0 Å². The summed E-state index contributed by atoms with van der Waals surface area (Å²) in [7, 11) is 0. The molecule has 0 bridgehead atoms. The molecule has 4 N–H and O–H groups in total. The van der Waals surface area contributed by atoms with Crippen molar-refractivity contribution in [3.63, 3.8) is 0 Å². The van der Waals surface area contributed by atoms with E-state index in [1.165, 1.54) is 0 Å². The Morgan fingerprint density at radius 2 is 0.414 bits per heavy atom. The molecule has 21 heteroatoms. The molecule has 176 valence electrons. The second kappa shape index (κ2) is 13.8. The minimum Gasteiger partial charge on any atom is -0.475 e. The fraction of sp³-hybridized carbons (Fsp3) is 0.500. The zero-order valence-electron chi connectivity index (χ0n) is 12.3. The van der Waals surface area contributed by atoms with E-state index in [2.05, 4.69) is 0 Å². The number of carboxylic acids is 4. The summed E-state index contributed by atoms with van der Waals surface area (Å²) in [4.78, 5) is 35.6. The zero-order chi connectivity index (χ0) is 24.3. The van der Waals surface area contributed by atoms with Gasteiger partial charge in [-0.05, 0) is 0 Å². The molecule has 0 aromatic heterocycles. The summed E-state index contributed by atoms with van der Waals surface area (Å²) in [6.45, 7) is 0.